The van der Waals surface area contributed by atoms with Crippen molar-refractivity contribution in [3.63, 3.8) is 0 Å². The molecule has 0 aromatic carbocycles. The summed E-state index contributed by atoms with van der Waals surface area (Å²) in [5.74, 6) is 0.795. The van der Waals surface area contributed by atoms with Gasteiger partial charge in [-0.15, -0.1) is 11.8 Å². The number of esters is 1. The highest BCUT2D eigenvalue weighted by Crippen LogP contribution is 2.52. The van der Waals surface area contributed by atoms with Crippen LogP contribution in [0.25, 0.3) is 0 Å². The van der Waals surface area contributed by atoms with E-state index in [4.69, 9.17) is 0 Å². The lowest BCUT2D eigenvalue weighted by molar-refractivity contribution is -0.140. The van der Waals surface area contributed by atoms with Gasteiger partial charge in [0.25, 0.3) is 0 Å². The lowest BCUT2D eigenvalue weighted by Crippen LogP contribution is -2.36. The highest BCUT2D eigenvalue weighted by molar-refractivity contribution is 8.01. The number of ether oxygens (including phenoxy) is 1. The molecule has 1 aliphatic heterocycles. The molecule has 1 aliphatic carbocycles. The van der Waals surface area contributed by atoms with Gasteiger partial charge < -0.3 is 9.84 Å². The third-order valence-corrected chi connectivity index (χ3v) is 7.67. The Hall–Kier alpha value is -0.810. The molecular weight excluding hydrogens is 360 g/mol. The van der Waals surface area contributed by atoms with E-state index >= 15 is 0 Å². The van der Waals surface area contributed by atoms with Crippen LogP contribution in [0, 0.1) is 11.8 Å². The van der Waals surface area contributed by atoms with Crippen LogP contribution < -0.4 is 0 Å². The van der Waals surface area contributed by atoms with Gasteiger partial charge in [0.1, 0.15) is 10.7 Å². The molecule has 0 bridgehead atoms. The smallest absolute Gasteiger partial charge is 0.305 e. The second-order valence-corrected chi connectivity index (χ2v) is 9.67. The summed E-state index contributed by atoms with van der Waals surface area (Å²) < 4.78 is 4.64. The van der Waals surface area contributed by atoms with Crippen molar-refractivity contribution in [3.05, 3.63) is 12.2 Å². The average molecular weight is 397 g/mol. The van der Waals surface area contributed by atoms with Gasteiger partial charge in [-0.2, -0.15) is 0 Å². The fraction of sp³-hybridized carbons (Fsp3) is 0.818. The summed E-state index contributed by atoms with van der Waals surface area (Å²) in [6.45, 7) is 2.18. The molecule has 2 unspecified atom stereocenters. The minimum Gasteiger partial charge on any atom is -0.469 e. The minimum atomic E-state index is -0.610. The molecule has 1 saturated heterocycles. The number of carbonyl (C=O) groups excluding carboxylic acids is 2. The maximum Gasteiger partial charge on any atom is 0.305 e. The Morgan fingerprint density at radius 1 is 1.30 bits per heavy atom. The van der Waals surface area contributed by atoms with Gasteiger partial charge in [-0.3, -0.25) is 9.59 Å². The highest BCUT2D eigenvalue weighted by atomic mass is 32.2. The number of thioether (sulfide) groups is 1. The zero-order valence-electron chi connectivity index (χ0n) is 17.0. The molecule has 2 aliphatic rings. The first-order valence-electron chi connectivity index (χ1n) is 10.6. The number of hydrogen-bond donors (Lipinski definition) is 1. The van der Waals surface area contributed by atoms with Gasteiger partial charge in [-0.25, -0.2) is 0 Å². The largest absolute Gasteiger partial charge is 0.469 e. The van der Waals surface area contributed by atoms with Crippen molar-refractivity contribution in [2.24, 2.45) is 11.8 Å². The van der Waals surface area contributed by atoms with Gasteiger partial charge in [-0.1, -0.05) is 31.9 Å². The van der Waals surface area contributed by atoms with E-state index in [0.29, 0.717) is 29.8 Å². The van der Waals surface area contributed by atoms with E-state index in [1.165, 1.54) is 20.0 Å². The average Bonchev–Trinajstić information content (AvgIpc) is 2.94. The van der Waals surface area contributed by atoms with Crippen LogP contribution >= 0.6 is 11.8 Å². The standard InChI is InChI=1S/C22H36O4S/c1-3-4-10-14-22(25)15-13-18-17(19(23)16-20(18)27-22)11-8-6-5-7-9-12-21(24)26-2/h6,8,17-18,20,25H,3-5,7,9-16H2,1-2H3/b8-6-/t17-,18-,20?,22?/m1/s1. The van der Waals surface area contributed by atoms with E-state index in [1.54, 1.807) is 11.8 Å². The summed E-state index contributed by atoms with van der Waals surface area (Å²) in [6, 6.07) is 0. The molecule has 5 heteroatoms. The summed E-state index contributed by atoms with van der Waals surface area (Å²) in [5.41, 5.74) is 0. The zero-order valence-corrected chi connectivity index (χ0v) is 17.8. The number of allylic oxidation sites excluding steroid dienone is 2. The third-order valence-electron chi connectivity index (χ3n) is 6.01. The predicted molar refractivity (Wildman–Crippen MR) is 111 cm³/mol. The Morgan fingerprint density at radius 3 is 2.85 bits per heavy atom. The van der Waals surface area contributed by atoms with E-state index < -0.39 is 4.93 Å². The Morgan fingerprint density at radius 2 is 2.11 bits per heavy atom. The Balaban J connectivity index is 1.72. The molecule has 0 amide bonds. The van der Waals surface area contributed by atoms with Crippen LogP contribution in [0.1, 0.15) is 84.0 Å². The fourth-order valence-corrected chi connectivity index (χ4v) is 6.19. The second-order valence-electron chi connectivity index (χ2n) is 8.07. The van der Waals surface area contributed by atoms with E-state index in [9.17, 15) is 14.7 Å². The van der Waals surface area contributed by atoms with Crippen molar-refractivity contribution >= 4 is 23.5 Å². The molecular formula is C22H36O4S. The molecule has 4 nitrogen and oxygen atoms in total. The zero-order chi connectivity index (χ0) is 19.7. The summed E-state index contributed by atoms with van der Waals surface area (Å²) >= 11 is 1.68. The molecule has 0 spiro atoms. The van der Waals surface area contributed by atoms with Crippen LogP contribution in [0.5, 0.6) is 0 Å². The highest BCUT2D eigenvalue weighted by Gasteiger charge is 2.49. The van der Waals surface area contributed by atoms with Gasteiger partial charge in [0.2, 0.25) is 0 Å². The number of fused-ring (bicyclic) bond motifs is 1. The topological polar surface area (TPSA) is 63.6 Å². The third kappa shape index (κ3) is 6.94. The number of ketones is 1. The summed E-state index contributed by atoms with van der Waals surface area (Å²) in [4.78, 5) is 23.0. The summed E-state index contributed by atoms with van der Waals surface area (Å²) in [7, 11) is 1.42. The first kappa shape index (κ1) is 22.5. The van der Waals surface area contributed by atoms with Crippen LogP contribution in [0.4, 0.5) is 0 Å². The maximum absolute atomic E-state index is 12.5. The van der Waals surface area contributed by atoms with Crippen molar-refractivity contribution in [2.45, 2.75) is 94.2 Å². The molecule has 27 heavy (non-hydrogen) atoms. The lowest BCUT2D eigenvalue weighted by Gasteiger charge is -2.39. The normalized spacial score (nSPS) is 30.6. The number of methoxy groups -OCH3 is 1. The molecule has 1 heterocycles. The summed E-state index contributed by atoms with van der Waals surface area (Å²) in [5, 5.41) is 11.2. The lowest BCUT2D eigenvalue weighted by atomic mass is 9.86. The van der Waals surface area contributed by atoms with Crippen LogP contribution in [0.3, 0.4) is 0 Å². The molecule has 0 radical (unpaired) electrons. The number of hydrogen-bond acceptors (Lipinski definition) is 5. The first-order valence-corrected chi connectivity index (χ1v) is 11.5. The minimum absolute atomic E-state index is 0.133. The number of unbranched alkanes of at least 4 members (excludes halogenated alkanes) is 4. The van der Waals surface area contributed by atoms with E-state index in [-0.39, 0.29) is 11.9 Å². The molecule has 0 aromatic rings. The number of aliphatic hydroxyl groups is 1. The predicted octanol–water partition coefficient (Wildman–Crippen LogP) is 5.04. The monoisotopic (exact) mass is 396 g/mol. The van der Waals surface area contributed by atoms with Crippen LogP contribution in [-0.4, -0.2) is 34.2 Å². The van der Waals surface area contributed by atoms with Gasteiger partial charge in [0.05, 0.1) is 7.11 Å². The molecule has 2 fully saturated rings. The number of rotatable bonds is 11. The second kappa shape index (κ2) is 11.3. The number of carbonyl (C=O) groups is 2. The van der Waals surface area contributed by atoms with Gasteiger partial charge in [0, 0.05) is 24.0 Å². The molecule has 0 aromatic heterocycles. The quantitative estimate of drug-likeness (QED) is 0.301. The van der Waals surface area contributed by atoms with Gasteiger partial charge >= 0.3 is 5.97 Å². The van der Waals surface area contributed by atoms with Crippen molar-refractivity contribution < 1.29 is 19.4 Å². The van der Waals surface area contributed by atoms with Crippen molar-refractivity contribution in [2.75, 3.05) is 7.11 Å². The van der Waals surface area contributed by atoms with E-state index in [2.05, 4.69) is 23.8 Å². The van der Waals surface area contributed by atoms with Crippen LogP contribution in [0.15, 0.2) is 12.2 Å². The van der Waals surface area contributed by atoms with Gasteiger partial charge in [-0.05, 0) is 57.3 Å². The Labute approximate surface area is 168 Å². The van der Waals surface area contributed by atoms with E-state index in [1.807, 2.05) is 0 Å². The molecule has 4 atom stereocenters. The SMILES string of the molecule is CCCCCC1(O)CC[C@H]2C(CC(=O)[C@@H]2C/C=C\CCCCC(=O)OC)S1. The van der Waals surface area contributed by atoms with Crippen molar-refractivity contribution in [3.8, 4) is 0 Å². The first-order chi connectivity index (χ1) is 13.0. The Bertz CT molecular complexity index is 518. The van der Waals surface area contributed by atoms with Gasteiger partial charge in [0.15, 0.2) is 0 Å². The van der Waals surface area contributed by atoms with Crippen molar-refractivity contribution in [1.82, 2.24) is 0 Å². The molecule has 154 valence electrons. The Kier molecular flexibility index (Phi) is 9.37. The number of Topliss-reactive ketones (excluding diaryl/α,β-unsaturated/α-hetero) is 1. The molecule has 1 saturated carbocycles. The fourth-order valence-electron chi connectivity index (χ4n) is 4.38. The summed E-state index contributed by atoms with van der Waals surface area (Å²) in [6.07, 6.45) is 15.1. The molecule has 1 N–H and O–H groups in total. The van der Waals surface area contributed by atoms with Crippen LogP contribution in [0.2, 0.25) is 0 Å². The van der Waals surface area contributed by atoms with E-state index in [0.717, 1.165) is 51.4 Å². The van der Waals surface area contributed by atoms with Crippen LogP contribution in [-0.2, 0) is 14.3 Å². The maximum atomic E-state index is 12.5. The van der Waals surface area contributed by atoms with Crippen molar-refractivity contribution in [1.29, 1.82) is 0 Å². The molecule has 2 rings (SSSR count).